The van der Waals surface area contributed by atoms with Gasteiger partial charge < -0.3 is 0 Å². The van der Waals surface area contributed by atoms with Crippen LogP contribution < -0.4 is 0 Å². The minimum atomic E-state index is 0.561. The lowest BCUT2D eigenvalue weighted by Gasteiger charge is -1.83. The molecule has 0 bridgehead atoms. The van der Waals surface area contributed by atoms with E-state index in [-0.39, 0.29) is 0 Å². The van der Waals surface area contributed by atoms with Gasteiger partial charge in [0.25, 0.3) is 0 Å². The minimum Gasteiger partial charge on any atom is -0.238 e. The van der Waals surface area contributed by atoms with Crippen molar-refractivity contribution < 1.29 is 0 Å². The zero-order valence-corrected chi connectivity index (χ0v) is 9.30. The zero-order chi connectivity index (χ0) is 10.4. The molecule has 76 valence electrons. The molecule has 6 heteroatoms. The van der Waals surface area contributed by atoms with Crippen molar-refractivity contribution in [1.82, 2.24) is 25.6 Å². The summed E-state index contributed by atoms with van der Waals surface area (Å²) in [5.41, 5.74) is 0.797. The van der Waals surface area contributed by atoms with Gasteiger partial charge in [-0.15, -0.1) is 21.5 Å². The van der Waals surface area contributed by atoms with Crippen LogP contribution in [0.25, 0.3) is 11.5 Å². The largest absolute Gasteiger partial charge is 0.238 e. The Hall–Kier alpha value is -1.30. The molecule has 0 saturated heterocycles. The molecule has 0 spiro atoms. The van der Waals surface area contributed by atoms with Crippen LogP contribution in [0.1, 0.15) is 25.8 Å². The number of aryl methyl sites for hydroxylation is 1. The van der Waals surface area contributed by atoms with Crippen molar-refractivity contribution in [2.75, 3.05) is 0 Å². The molecule has 2 heterocycles. The molecule has 0 aliphatic heterocycles. The third-order valence-electron chi connectivity index (χ3n) is 1.43. The van der Waals surface area contributed by atoms with E-state index in [9.17, 15) is 0 Å². The number of hydrogen-bond acceptors (Lipinski definition) is 5. The van der Waals surface area contributed by atoms with Crippen LogP contribution in [-0.2, 0) is 6.42 Å². The Morgan fingerprint density at radius 1 is 1.43 bits per heavy atom. The van der Waals surface area contributed by atoms with E-state index in [4.69, 9.17) is 0 Å². The summed E-state index contributed by atoms with van der Waals surface area (Å²) in [5, 5.41) is 16.5. The SMILES string of the molecule is CC.CCc1nc(-c2nn[nH]n2)cs1. The summed E-state index contributed by atoms with van der Waals surface area (Å²) in [7, 11) is 0. The summed E-state index contributed by atoms with van der Waals surface area (Å²) in [6.07, 6.45) is 0.947. The van der Waals surface area contributed by atoms with Gasteiger partial charge >= 0.3 is 0 Å². The molecule has 5 nitrogen and oxygen atoms in total. The Kier molecular flexibility index (Phi) is 4.18. The van der Waals surface area contributed by atoms with Crippen LogP contribution in [0.15, 0.2) is 5.38 Å². The molecule has 0 aliphatic rings. The first kappa shape index (κ1) is 10.8. The number of rotatable bonds is 2. The highest BCUT2D eigenvalue weighted by Gasteiger charge is 2.06. The second-order valence-electron chi connectivity index (χ2n) is 2.22. The lowest BCUT2D eigenvalue weighted by atomic mass is 10.4. The van der Waals surface area contributed by atoms with Gasteiger partial charge in [0.15, 0.2) is 0 Å². The van der Waals surface area contributed by atoms with E-state index < -0.39 is 0 Å². The maximum absolute atomic E-state index is 4.30. The Balaban J connectivity index is 0.000000461. The van der Waals surface area contributed by atoms with Crippen molar-refractivity contribution in [1.29, 1.82) is 0 Å². The Morgan fingerprint density at radius 3 is 2.71 bits per heavy atom. The van der Waals surface area contributed by atoms with Crippen LogP contribution in [0.3, 0.4) is 0 Å². The van der Waals surface area contributed by atoms with Gasteiger partial charge in [-0.1, -0.05) is 20.8 Å². The monoisotopic (exact) mass is 211 g/mol. The second kappa shape index (κ2) is 5.43. The number of hydrogen-bond donors (Lipinski definition) is 1. The normalized spacial score (nSPS) is 9.36. The average Bonchev–Trinajstić information content (AvgIpc) is 2.91. The van der Waals surface area contributed by atoms with Crippen LogP contribution in [0.5, 0.6) is 0 Å². The first-order chi connectivity index (χ1) is 6.90. The van der Waals surface area contributed by atoms with Gasteiger partial charge in [0, 0.05) is 5.38 Å². The highest BCUT2D eigenvalue weighted by molar-refractivity contribution is 7.09. The molecule has 0 saturated carbocycles. The molecule has 0 atom stereocenters. The maximum atomic E-state index is 4.30. The van der Waals surface area contributed by atoms with E-state index in [0.29, 0.717) is 5.82 Å². The highest BCUT2D eigenvalue weighted by atomic mass is 32.1. The van der Waals surface area contributed by atoms with Crippen LogP contribution >= 0.6 is 11.3 Å². The topological polar surface area (TPSA) is 67.3 Å². The lowest BCUT2D eigenvalue weighted by molar-refractivity contribution is 0.881. The molecule has 2 aromatic rings. The molecule has 0 unspecified atom stereocenters. The zero-order valence-electron chi connectivity index (χ0n) is 8.48. The van der Waals surface area contributed by atoms with Crippen molar-refractivity contribution in [3.05, 3.63) is 10.4 Å². The lowest BCUT2D eigenvalue weighted by Crippen LogP contribution is -1.82. The van der Waals surface area contributed by atoms with Gasteiger partial charge in [-0.05, 0) is 11.6 Å². The summed E-state index contributed by atoms with van der Waals surface area (Å²) in [5.74, 6) is 0.561. The first-order valence-electron chi connectivity index (χ1n) is 4.58. The van der Waals surface area contributed by atoms with Crippen molar-refractivity contribution in [2.24, 2.45) is 0 Å². The van der Waals surface area contributed by atoms with Gasteiger partial charge in [0.2, 0.25) is 5.82 Å². The van der Waals surface area contributed by atoms with Gasteiger partial charge in [-0.2, -0.15) is 5.21 Å². The quantitative estimate of drug-likeness (QED) is 0.824. The number of thiazole rings is 1. The van der Waals surface area contributed by atoms with Crippen LogP contribution in [0.4, 0.5) is 0 Å². The summed E-state index contributed by atoms with van der Waals surface area (Å²) >= 11 is 1.61. The van der Waals surface area contributed by atoms with Crippen molar-refractivity contribution >= 4 is 11.3 Å². The Bertz CT molecular complexity index is 353. The highest BCUT2D eigenvalue weighted by Crippen LogP contribution is 2.17. The van der Waals surface area contributed by atoms with Crippen LogP contribution in [0, 0.1) is 0 Å². The van der Waals surface area contributed by atoms with Gasteiger partial charge in [-0.25, -0.2) is 4.98 Å². The van der Waals surface area contributed by atoms with E-state index in [0.717, 1.165) is 17.1 Å². The van der Waals surface area contributed by atoms with Crippen molar-refractivity contribution in [2.45, 2.75) is 27.2 Å². The van der Waals surface area contributed by atoms with E-state index in [1.54, 1.807) is 11.3 Å². The van der Waals surface area contributed by atoms with E-state index >= 15 is 0 Å². The minimum absolute atomic E-state index is 0.561. The predicted molar refractivity (Wildman–Crippen MR) is 56.0 cm³/mol. The first-order valence-corrected chi connectivity index (χ1v) is 5.46. The summed E-state index contributed by atoms with van der Waals surface area (Å²) in [4.78, 5) is 4.30. The molecule has 0 aliphatic carbocycles. The van der Waals surface area contributed by atoms with Gasteiger partial charge in [-0.3, -0.25) is 0 Å². The fourth-order valence-corrected chi connectivity index (χ4v) is 1.57. The molecule has 2 aromatic heterocycles. The Labute approximate surface area is 86.6 Å². The number of aromatic amines is 1. The molecule has 0 aromatic carbocycles. The molecule has 14 heavy (non-hydrogen) atoms. The van der Waals surface area contributed by atoms with E-state index in [1.807, 2.05) is 19.2 Å². The number of aromatic nitrogens is 5. The fourth-order valence-electron chi connectivity index (χ4n) is 0.846. The predicted octanol–water partition coefficient (Wildman–Crippen LogP) is 1.91. The molecule has 0 radical (unpaired) electrons. The van der Waals surface area contributed by atoms with Crippen molar-refractivity contribution in [3.8, 4) is 11.5 Å². The standard InChI is InChI=1S/C6H7N5S.C2H6/c1-2-5-7-4(3-12-5)6-8-10-11-9-6;1-2/h3H,2H2,1H3,(H,8,9,10,11);1-2H3. The number of nitrogens with zero attached hydrogens (tertiary/aromatic N) is 4. The third kappa shape index (κ3) is 2.35. The van der Waals surface area contributed by atoms with E-state index in [2.05, 4.69) is 32.5 Å². The molecule has 0 fully saturated rings. The van der Waals surface area contributed by atoms with E-state index in [1.165, 1.54) is 0 Å². The fraction of sp³-hybridized carbons (Fsp3) is 0.500. The summed E-state index contributed by atoms with van der Waals surface area (Å²) in [6.45, 7) is 6.07. The second-order valence-corrected chi connectivity index (χ2v) is 3.16. The molecular formula is C8H13N5S. The Morgan fingerprint density at radius 2 is 2.21 bits per heavy atom. The van der Waals surface area contributed by atoms with Crippen LogP contribution in [0.2, 0.25) is 0 Å². The summed E-state index contributed by atoms with van der Waals surface area (Å²) < 4.78 is 0. The number of H-pyrrole nitrogens is 1. The molecule has 0 amide bonds. The van der Waals surface area contributed by atoms with Crippen molar-refractivity contribution in [3.63, 3.8) is 0 Å². The maximum Gasteiger partial charge on any atom is 0.223 e. The van der Waals surface area contributed by atoms with Crippen LogP contribution in [-0.4, -0.2) is 25.6 Å². The summed E-state index contributed by atoms with van der Waals surface area (Å²) in [6, 6.07) is 0. The number of nitrogens with one attached hydrogen (secondary N) is 1. The number of tetrazole rings is 1. The smallest absolute Gasteiger partial charge is 0.223 e. The third-order valence-corrected chi connectivity index (χ3v) is 2.42. The van der Waals surface area contributed by atoms with Gasteiger partial charge in [0.05, 0.1) is 5.01 Å². The molecule has 2 rings (SSSR count). The molecular weight excluding hydrogens is 198 g/mol. The molecule has 1 N–H and O–H groups in total. The average molecular weight is 211 g/mol. The van der Waals surface area contributed by atoms with Gasteiger partial charge in [0.1, 0.15) is 5.69 Å².